The number of aryl methyl sites for hydroxylation is 1. The minimum Gasteiger partial charge on any atom is -0.487 e. The Bertz CT molecular complexity index is 407. The molecule has 0 saturated heterocycles. The molecular formula is C12H13F2NO. The highest BCUT2D eigenvalue weighted by molar-refractivity contribution is 5.43. The van der Waals surface area contributed by atoms with Crippen LogP contribution in [0, 0.1) is 18.8 Å². The van der Waals surface area contributed by atoms with Gasteiger partial charge in [-0.1, -0.05) is 11.8 Å². The first-order valence-electron chi connectivity index (χ1n) is 4.84. The zero-order valence-electron chi connectivity index (χ0n) is 8.97. The second-order valence-electron chi connectivity index (χ2n) is 3.19. The molecule has 0 aromatic heterocycles. The maximum absolute atomic E-state index is 11.9. The molecule has 16 heavy (non-hydrogen) atoms. The van der Waals surface area contributed by atoms with E-state index in [1.165, 1.54) is 0 Å². The molecule has 0 aliphatic carbocycles. The lowest BCUT2D eigenvalue weighted by Gasteiger charge is -2.08. The Balaban J connectivity index is 2.75. The van der Waals surface area contributed by atoms with Gasteiger partial charge in [0.15, 0.2) is 0 Å². The average Bonchev–Trinajstić information content (AvgIpc) is 2.24. The average molecular weight is 225 g/mol. The zero-order valence-corrected chi connectivity index (χ0v) is 8.97. The number of benzene rings is 1. The van der Waals surface area contributed by atoms with Gasteiger partial charge in [0.2, 0.25) is 0 Å². The fraction of sp³-hybridized carbons (Fsp3) is 0.333. The number of nitrogens with two attached hydrogens (primary N) is 1. The number of hydrogen-bond donors (Lipinski definition) is 1. The van der Waals surface area contributed by atoms with Gasteiger partial charge in [0.25, 0.3) is 6.43 Å². The van der Waals surface area contributed by atoms with Crippen LogP contribution in [0.1, 0.15) is 11.1 Å². The van der Waals surface area contributed by atoms with Gasteiger partial charge >= 0.3 is 0 Å². The van der Waals surface area contributed by atoms with E-state index in [2.05, 4.69) is 11.8 Å². The largest absolute Gasteiger partial charge is 0.487 e. The van der Waals surface area contributed by atoms with E-state index in [4.69, 9.17) is 10.5 Å². The molecule has 0 radical (unpaired) electrons. The lowest BCUT2D eigenvalue weighted by molar-refractivity contribution is 0.0816. The second-order valence-corrected chi connectivity index (χ2v) is 3.19. The van der Waals surface area contributed by atoms with E-state index in [0.29, 0.717) is 12.3 Å². The van der Waals surface area contributed by atoms with Gasteiger partial charge in [-0.25, -0.2) is 8.78 Å². The van der Waals surface area contributed by atoms with Gasteiger partial charge in [-0.15, -0.1) is 0 Å². The Kier molecular flexibility index (Phi) is 4.74. The Labute approximate surface area is 93.4 Å². The van der Waals surface area contributed by atoms with Crippen LogP contribution in [0.15, 0.2) is 18.2 Å². The summed E-state index contributed by atoms with van der Waals surface area (Å²) >= 11 is 0. The van der Waals surface area contributed by atoms with Gasteiger partial charge in [0.1, 0.15) is 12.4 Å². The predicted molar refractivity (Wildman–Crippen MR) is 58.6 cm³/mol. The fourth-order valence-electron chi connectivity index (χ4n) is 1.19. The number of halogens is 2. The molecule has 1 rings (SSSR count). The molecule has 0 saturated carbocycles. The second kappa shape index (κ2) is 6.09. The minimum absolute atomic E-state index is 0.294. The van der Waals surface area contributed by atoms with Gasteiger partial charge < -0.3 is 10.5 Å². The van der Waals surface area contributed by atoms with E-state index in [-0.39, 0.29) is 0 Å². The molecule has 2 nitrogen and oxygen atoms in total. The van der Waals surface area contributed by atoms with E-state index >= 15 is 0 Å². The predicted octanol–water partition coefficient (Wildman–Crippen LogP) is 1.95. The third-order valence-electron chi connectivity index (χ3n) is 1.87. The third kappa shape index (κ3) is 3.87. The smallest absolute Gasteiger partial charge is 0.272 e. The molecule has 2 N–H and O–H groups in total. The Morgan fingerprint density at radius 1 is 1.44 bits per heavy atom. The van der Waals surface area contributed by atoms with Crippen LogP contribution in [0.25, 0.3) is 0 Å². The third-order valence-corrected chi connectivity index (χ3v) is 1.87. The Morgan fingerprint density at radius 3 is 2.75 bits per heavy atom. The van der Waals surface area contributed by atoms with Crippen LogP contribution in [-0.2, 0) is 0 Å². The lowest BCUT2D eigenvalue weighted by Crippen LogP contribution is -2.07. The van der Waals surface area contributed by atoms with E-state index in [1.54, 1.807) is 25.1 Å². The highest BCUT2D eigenvalue weighted by Crippen LogP contribution is 2.19. The van der Waals surface area contributed by atoms with Crippen LogP contribution in [-0.4, -0.2) is 19.6 Å². The van der Waals surface area contributed by atoms with Crippen molar-refractivity contribution in [3.8, 4) is 17.6 Å². The number of rotatable bonds is 3. The quantitative estimate of drug-likeness (QED) is 0.798. The van der Waals surface area contributed by atoms with Crippen molar-refractivity contribution in [3.05, 3.63) is 29.3 Å². The summed E-state index contributed by atoms with van der Waals surface area (Å²) in [6.07, 6.45) is -2.46. The molecule has 1 aromatic carbocycles. The van der Waals surface area contributed by atoms with E-state index < -0.39 is 13.0 Å². The summed E-state index contributed by atoms with van der Waals surface area (Å²) in [5.41, 5.74) is 6.82. The molecule has 0 amide bonds. The molecule has 0 aliphatic heterocycles. The van der Waals surface area contributed by atoms with Crippen molar-refractivity contribution in [2.75, 3.05) is 13.2 Å². The molecular weight excluding hydrogens is 212 g/mol. The van der Waals surface area contributed by atoms with E-state index in [1.807, 2.05) is 0 Å². The molecule has 86 valence electrons. The highest BCUT2D eigenvalue weighted by atomic mass is 19.3. The molecule has 0 atom stereocenters. The van der Waals surface area contributed by atoms with Crippen molar-refractivity contribution in [1.29, 1.82) is 0 Å². The van der Waals surface area contributed by atoms with Crippen LogP contribution in [0.3, 0.4) is 0 Å². The maximum atomic E-state index is 11.9. The van der Waals surface area contributed by atoms with Crippen LogP contribution >= 0.6 is 0 Å². The zero-order chi connectivity index (χ0) is 12.0. The first-order chi connectivity index (χ1) is 7.63. The number of alkyl halides is 2. The highest BCUT2D eigenvalue weighted by Gasteiger charge is 2.05. The summed E-state index contributed by atoms with van der Waals surface area (Å²) in [7, 11) is 0. The van der Waals surface area contributed by atoms with Crippen LogP contribution < -0.4 is 10.5 Å². The fourth-order valence-corrected chi connectivity index (χ4v) is 1.19. The summed E-state index contributed by atoms with van der Waals surface area (Å²) in [4.78, 5) is 0. The van der Waals surface area contributed by atoms with Gasteiger partial charge in [0, 0.05) is 5.56 Å². The van der Waals surface area contributed by atoms with Crippen LogP contribution in [0.5, 0.6) is 5.75 Å². The maximum Gasteiger partial charge on any atom is 0.272 e. The van der Waals surface area contributed by atoms with Crippen molar-refractivity contribution in [3.63, 3.8) is 0 Å². The van der Waals surface area contributed by atoms with Gasteiger partial charge in [0.05, 0.1) is 6.54 Å². The van der Waals surface area contributed by atoms with E-state index in [9.17, 15) is 8.78 Å². The summed E-state index contributed by atoms with van der Waals surface area (Å²) < 4.78 is 28.8. The lowest BCUT2D eigenvalue weighted by atomic mass is 10.1. The Hall–Kier alpha value is -1.60. The van der Waals surface area contributed by atoms with Crippen molar-refractivity contribution < 1.29 is 13.5 Å². The van der Waals surface area contributed by atoms with Gasteiger partial charge in [-0.3, -0.25) is 0 Å². The first-order valence-corrected chi connectivity index (χ1v) is 4.84. The van der Waals surface area contributed by atoms with Crippen LogP contribution in [0.4, 0.5) is 8.78 Å². The first kappa shape index (κ1) is 12.5. The normalized spacial score (nSPS) is 9.81. The molecule has 0 fully saturated rings. The standard InChI is InChI=1S/C12H13F2NO/c1-9-7-10(3-2-6-15)4-5-11(9)16-8-12(13)14/h4-5,7,12H,6,8,15H2,1H3. The van der Waals surface area contributed by atoms with Crippen molar-refractivity contribution in [2.24, 2.45) is 5.73 Å². The summed E-state index contributed by atoms with van der Waals surface area (Å²) in [5, 5.41) is 0. The summed E-state index contributed by atoms with van der Waals surface area (Å²) in [5.74, 6) is 6.03. The molecule has 0 heterocycles. The SMILES string of the molecule is Cc1cc(C#CCN)ccc1OCC(F)F. The van der Waals surface area contributed by atoms with Crippen LogP contribution in [0.2, 0.25) is 0 Å². The van der Waals surface area contributed by atoms with E-state index in [0.717, 1.165) is 11.1 Å². The monoisotopic (exact) mass is 225 g/mol. The molecule has 4 heteroatoms. The van der Waals surface area contributed by atoms with Gasteiger partial charge in [-0.05, 0) is 30.7 Å². The molecule has 1 aromatic rings. The Morgan fingerprint density at radius 2 is 2.19 bits per heavy atom. The molecule has 0 unspecified atom stereocenters. The van der Waals surface area contributed by atoms with Gasteiger partial charge in [-0.2, -0.15) is 0 Å². The van der Waals surface area contributed by atoms with Crippen molar-refractivity contribution >= 4 is 0 Å². The summed E-state index contributed by atoms with van der Waals surface area (Å²) in [6.45, 7) is 1.49. The number of hydrogen-bond acceptors (Lipinski definition) is 2. The summed E-state index contributed by atoms with van der Waals surface area (Å²) in [6, 6.07) is 5.14. The molecule has 0 bridgehead atoms. The molecule has 0 spiro atoms. The van der Waals surface area contributed by atoms with Crippen molar-refractivity contribution in [1.82, 2.24) is 0 Å². The van der Waals surface area contributed by atoms with Crippen molar-refractivity contribution in [2.45, 2.75) is 13.3 Å². The minimum atomic E-state index is -2.46. The topological polar surface area (TPSA) is 35.2 Å². The number of ether oxygens (including phenoxy) is 1. The molecule has 0 aliphatic rings.